The largest absolute Gasteiger partial charge is 0.480 e. The van der Waals surface area contributed by atoms with E-state index in [1.165, 1.54) is 4.88 Å². The SMILES string of the molecule is CN1Cc2scnc2CC1C(=O)O. The molecule has 13 heavy (non-hydrogen) atoms. The van der Waals surface area contributed by atoms with Gasteiger partial charge in [-0.1, -0.05) is 0 Å². The Morgan fingerprint density at radius 2 is 2.62 bits per heavy atom. The summed E-state index contributed by atoms with van der Waals surface area (Å²) >= 11 is 1.60. The van der Waals surface area contributed by atoms with Gasteiger partial charge in [-0.25, -0.2) is 4.98 Å². The Balaban J connectivity index is 2.27. The molecule has 0 saturated carbocycles. The highest BCUT2D eigenvalue weighted by atomic mass is 32.1. The van der Waals surface area contributed by atoms with Gasteiger partial charge in [0.1, 0.15) is 6.04 Å². The van der Waals surface area contributed by atoms with Crippen LogP contribution < -0.4 is 0 Å². The summed E-state index contributed by atoms with van der Waals surface area (Å²) in [5.41, 5.74) is 2.73. The third kappa shape index (κ3) is 1.45. The monoisotopic (exact) mass is 198 g/mol. The molecule has 2 heterocycles. The lowest BCUT2D eigenvalue weighted by atomic mass is 10.1. The van der Waals surface area contributed by atoms with Crippen molar-refractivity contribution in [1.82, 2.24) is 9.88 Å². The Morgan fingerprint density at radius 3 is 3.31 bits per heavy atom. The molecule has 0 bridgehead atoms. The Labute approximate surface area is 79.8 Å². The van der Waals surface area contributed by atoms with Gasteiger partial charge in [0.05, 0.1) is 11.2 Å². The molecule has 0 radical (unpaired) electrons. The topological polar surface area (TPSA) is 53.4 Å². The van der Waals surface area contributed by atoms with E-state index in [0.717, 1.165) is 5.69 Å². The van der Waals surface area contributed by atoms with E-state index in [-0.39, 0.29) is 0 Å². The molecule has 0 fully saturated rings. The third-order valence-electron chi connectivity index (χ3n) is 2.32. The van der Waals surface area contributed by atoms with Crippen molar-refractivity contribution >= 4 is 17.3 Å². The predicted molar refractivity (Wildman–Crippen MR) is 48.7 cm³/mol. The highest BCUT2D eigenvalue weighted by molar-refractivity contribution is 7.09. The maximum Gasteiger partial charge on any atom is 0.321 e. The quantitative estimate of drug-likeness (QED) is 0.717. The number of hydrogen-bond acceptors (Lipinski definition) is 4. The highest BCUT2D eigenvalue weighted by Crippen LogP contribution is 2.24. The molecule has 1 atom stereocenters. The summed E-state index contributed by atoms with van der Waals surface area (Å²) in [6.07, 6.45) is 0.532. The van der Waals surface area contributed by atoms with E-state index in [2.05, 4.69) is 4.98 Å². The van der Waals surface area contributed by atoms with Crippen LogP contribution in [0.25, 0.3) is 0 Å². The van der Waals surface area contributed by atoms with Gasteiger partial charge in [-0.05, 0) is 7.05 Å². The molecule has 1 aliphatic heterocycles. The molecule has 70 valence electrons. The van der Waals surface area contributed by atoms with Crippen LogP contribution in [0, 0.1) is 0 Å². The van der Waals surface area contributed by atoms with E-state index in [4.69, 9.17) is 5.11 Å². The van der Waals surface area contributed by atoms with E-state index in [9.17, 15) is 4.79 Å². The van der Waals surface area contributed by atoms with Gasteiger partial charge in [-0.2, -0.15) is 0 Å². The first-order chi connectivity index (χ1) is 6.18. The van der Waals surface area contributed by atoms with E-state index in [1.807, 2.05) is 11.9 Å². The van der Waals surface area contributed by atoms with Gasteiger partial charge in [-0.3, -0.25) is 9.69 Å². The number of aliphatic carboxylic acids is 1. The summed E-state index contributed by atoms with van der Waals surface area (Å²) in [7, 11) is 1.83. The molecule has 2 rings (SSSR count). The molecule has 0 aromatic carbocycles. The molecule has 0 saturated heterocycles. The van der Waals surface area contributed by atoms with Gasteiger partial charge in [-0.15, -0.1) is 11.3 Å². The van der Waals surface area contributed by atoms with Gasteiger partial charge < -0.3 is 5.11 Å². The molecule has 1 unspecified atom stereocenters. The van der Waals surface area contributed by atoms with Crippen LogP contribution in [-0.4, -0.2) is 34.0 Å². The Hall–Kier alpha value is -0.940. The fourth-order valence-electron chi connectivity index (χ4n) is 1.54. The lowest BCUT2D eigenvalue weighted by Crippen LogP contribution is -2.42. The standard InChI is InChI=1S/C8H10N2O2S/c1-10-3-7-5(9-4-13-7)2-6(10)8(11)12/h4,6H,2-3H2,1H3,(H,11,12). The minimum atomic E-state index is -0.763. The zero-order valence-electron chi connectivity index (χ0n) is 7.23. The van der Waals surface area contributed by atoms with Gasteiger partial charge in [0.2, 0.25) is 0 Å². The van der Waals surface area contributed by atoms with Crippen molar-refractivity contribution in [3.63, 3.8) is 0 Å². The molecule has 0 aliphatic carbocycles. The van der Waals surface area contributed by atoms with E-state index >= 15 is 0 Å². The Morgan fingerprint density at radius 1 is 1.85 bits per heavy atom. The summed E-state index contributed by atoms with van der Waals surface area (Å²) in [5.74, 6) is -0.763. The number of thiazole rings is 1. The van der Waals surface area contributed by atoms with E-state index in [1.54, 1.807) is 16.8 Å². The molecule has 1 aromatic rings. The van der Waals surface area contributed by atoms with Crippen molar-refractivity contribution in [3.8, 4) is 0 Å². The van der Waals surface area contributed by atoms with Crippen LogP contribution in [0.15, 0.2) is 5.51 Å². The number of likely N-dealkylation sites (N-methyl/N-ethyl adjacent to an activating group) is 1. The first-order valence-electron chi connectivity index (χ1n) is 4.03. The van der Waals surface area contributed by atoms with Crippen molar-refractivity contribution in [2.45, 2.75) is 19.0 Å². The molecular weight excluding hydrogens is 188 g/mol. The number of fused-ring (bicyclic) bond motifs is 1. The smallest absolute Gasteiger partial charge is 0.321 e. The first kappa shape index (κ1) is 8.65. The van der Waals surface area contributed by atoms with Crippen molar-refractivity contribution in [1.29, 1.82) is 0 Å². The molecule has 1 N–H and O–H groups in total. The molecule has 0 spiro atoms. The average Bonchev–Trinajstić information content (AvgIpc) is 2.48. The van der Waals surface area contributed by atoms with Crippen LogP contribution in [0.2, 0.25) is 0 Å². The van der Waals surface area contributed by atoms with Gasteiger partial charge in [0.15, 0.2) is 0 Å². The normalized spacial score (nSPS) is 22.7. The lowest BCUT2D eigenvalue weighted by Gasteiger charge is -2.28. The van der Waals surface area contributed by atoms with Crippen molar-refractivity contribution in [2.75, 3.05) is 7.05 Å². The third-order valence-corrected chi connectivity index (χ3v) is 3.18. The van der Waals surface area contributed by atoms with Crippen LogP contribution >= 0.6 is 11.3 Å². The number of rotatable bonds is 1. The van der Waals surface area contributed by atoms with E-state index in [0.29, 0.717) is 13.0 Å². The summed E-state index contributed by atoms with van der Waals surface area (Å²) in [6.45, 7) is 0.705. The second-order valence-corrected chi connectivity index (χ2v) is 4.13. The number of hydrogen-bond donors (Lipinski definition) is 1. The second kappa shape index (κ2) is 3.08. The number of nitrogens with zero attached hydrogens (tertiary/aromatic N) is 2. The van der Waals surface area contributed by atoms with Crippen molar-refractivity contribution < 1.29 is 9.90 Å². The Bertz CT molecular complexity index is 337. The fourth-order valence-corrected chi connectivity index (χ4v) is 2.40. The zero-order chi connectivity index (χ0) is 9.42. The van der Waals surface area contributed by atoms with Gasteiger partial charge in [0.25, 0.3) is 0 Å². The van der Waals surface area contributed by atoms with Crippen LogP contribution in [0.1, 0.15) is 10.6 Å². The van der Waals surface area contributed by atoms with Crippen LogP contribution in [0.4, 0.5) is 0 Å². The number of carboxylic acids is 1. The van der Waals surface area contributed by atoms with Crippen LogP contribution in [0.3, 0.4) is 0 Å². The second-order valence-electron chi connectivity index (χ2n) is 3.20. The minimum absolute atomic E-state index is 0.408. The summed E-state index contributed by atoms with van der Waals surface area (Å²) in [5, 5.41) is 8.91. The molecule has 0 amide bonds. The van der Waals surface area contributed by atoms with Gasteiger partial charge in [0, 0.05) is 17.8 Å². The summed E-state index contributed by atoms with van der Waals surface area (Å²) in [4.78, 5) is 18.0. The van der Waals surface area contributed by atoms with Crippen molar-refractivity contribution in [2.24, 2.45) is 0 Å². The number of aromatic nitrogens is 1. The van der Waals surface area contributed by atoms with Crippen LogP contribution in [0.5, 0.6) is 0 Å². The van der Waals surface area contributed by atoms with E-state index < -0.39 is 12.0 Å². The summed E-state index contributed by atoms with van der Waals surface area (Å²) in [6, 6.07) is -0.408. The number of carbonyl (C=O) groups is 1. The van der Waals surface area contributed by atoms with Crippen LogP contribution in [-0.2, 0) is 17.8 Å². The highest BCUT2D eigenvalue weighted by Gasteiger charge is 2.30. The summed E-state index contributed by atoms with van der Waals surface area (Å²) < 4.78 is 0. The number of carboxylic acid groups (broad SMARTS) is 1. The molecule has 1 aliphatic rings. The maximum absolute atomic E-state index is 10.8. The minimum Gasteiger partial charge on any atom is -0.480 e. The Kier molecular flexibility index (Phi) is 2.05. The molecule has 5 heteroatoms. The lowest BCUT2D eigenvalue weighted by molar-refractivity contribution is -0.143. The zero-order valence-corrected chi connectivity index (χ0v) is 8.04. The first-order valence-corrected chi connectivity index (χ1v) is 4.90. The van der Waals surface area contributed by atoms with Crippen molar-refractivity contribution in [3.05, 3.63) is 16.1 Å². The maximum atomic E-state index is 10.8. The predicted octanol–water partition coefficient (Wildman–Crippen LogP) is 0.584. The molecule has 4 nitrogen and oxygen atoms in total. The average molecular weight is 198 g/mol. The molecular formula is C8H10N2O2S. The molecule has 1 aromatic heterocycles. The fraction of sp³-hybridized carbons (Fsp3) is 0.500. The van der Waals surface area contributed by atoms with Gasteiger partial charge >= 0.3 is 5.97 Å².